The standard InChI is InChI=1S/C11H23O6P/c1-7-8-10-11(3,9(2)12)17-18(13-4,14-5,15-6)16-10/h10H,7-8H2,1-6H3/t10-,11+/m0/s1. The number of hydrogen-bond donors (Lipinski definition) is 0. The van der Waals surface area contributed by atoms with Crippen LogP contribution >= 0.6 is 7.74 Å². The normalized spacial score (nSPS) is 35.9. The fraction of sp³-hybridized carbons (Fsp3) is 0.909. The van der Waals surface area contributed by atoms with Crippen molar-refractivity contribution >= 4 is 13.5 Å². The average Bonchev–Trinajstić information content (AvgIpc) is 2.64. The molecule has 0 aliphatic carbocycles. The van der Waals surface area contributed by atoms with Gasteiger partial charge in [0.15, 0.2) is 0 Å². The van der Waals surface area contributed by atoms with E-state index in [0.717, 1.165) is 6.42 Å². The summed E-state index contributed by atoms with van der Waals surface area (Å²) in [6, 6.07) is 0. The van der Waals surface area contributed by atoms with E-state index in [-0.39, 0.29) is 5.78 Å². The first-order valence-corrected chi connectivity index (χ1v) is 7.76. The van der Waals surface area contributed by atoms with Crippen molar-refractivity contribution < 1.29 is 27.4 Å². The minimum absolute atomic E-state index is 0.140. The molecule has 1 fully saturated rings. The van der Waals surface area contributed by atoms with E-state index in [1.807, 2.05) is 6.92 Å². The van der Waals surface area contributed by atoms with E-state index in [1.54, 1.807) is 6.92 Å². The van der Waals surface area contributed by atoms with Crippen LogP contribution in [-0.2, 0) is 27.4 Å². The van der Waals surface area contributed by atoms with Crippen molar-refractivity contribution in [2.75, 3.05) is 21.3 Å². The summed E-state index contributed by atoms with van der Waals surface area (Å²) in [7, 11) is 0.0627. The van der Waals surface area contributed by atoms with E-state index in [4.69, 9.17) is 22.6 Å². The Kier molecular flexibility index (Phi) is 4.53. The molecule has 1 aliphatic rings. The summed E-state index contributed by atoms with van der Waals surface area (Å²) in [6.07, 6.45) is 1.06. The quantitative estimate of drug-likeness (QED) is 0.698. The summed E-state index contributed by atoms with van der Waals surface area (Å²) in [5.74, 6) is -0.140. The molecule has 1 aliphatic heterocycles. The maximum atomic E-state index is 11.9. The molecular weight excluding hydrogens is 259 g/mol. The van der Waals surface area contributed by atoms with Crippen LogP contribution < -0.4 is 0 Å². The monoisotopic (exact) mass is 282 g/mol. The average molecular weight is 282 g/mol. The summed E-state index contributed by atoms with van der Waals surface area (Å²) < 4.78 is 27.5. The number of ketones is 1. The van der Waals surface area contributed by atoms with Gasteiger partial charge in [0.1, 0.15) is 0 Å². The van der Waals surface area contributed by atoms with Crippen molar-refractivity contribution in [3.63, 3.8) is 0 Å². The molecule has 2 atom stereocenters. The molecule has 0 N–H and O–H groups in total. The van der Waals surface area contributed by atoms with E-state index in [1.165, 1.54) is 28.3 Å². The van der Waals surface area contributed by atoms with E-state index in [0.29, 0.717) is 6.42 Å². The first-order valence-electron chi connectivity index (χ1n) is 5.94. The third-order valence-electron chi connectivity index (χ3n) is 3.40. The number of rotatable bonds is 6. The van der Waals surface area contributed by atoms with Gasteiger partial charge in [-0.1, -0.05) is 0 Å². The molecule has 0 saturated carbocycles. The van der Waals surface area contributed by atoms with E-state index < -0.39 is 19.4 Å². The molecule has 18 heavy (non-hydrogen) atoms. The summed E-state index contributed by atoms with van der Waals surface area (Å²) in [5.41, 5.74) is -1.12. The van der Waals surface area contributed by atoms with Gasteiger partial charge in [0, 0.05) is 0 Å². The van der Waals surface area contributed by atoms with Crippen molar-refractivity contribution in [3.8, 4) is 0 Å². The van der Waals surface area contributed by atoms with Gasteiger partial charge in [-0.3, -0.25) is 0 Å². The van der Waals surface area contributed by atoms with Crippen LogP contribution in [0.1, 0.15) is 33.6 Å². The molecule has 0 spiro atoms. The number of carbonyl (C=O) groups excluding carboxylic acids is 1. The van der Waals surface area contributed by atoms with Crippen LogP contribution in [0.2, 0.25) is 0 Å². The zero-order valence-corrected chi connectivity index (χ0v) is 12.8. The topological polar surface area (TPSA) is 63.2 Å². The van der Waals surface area contributed by atoms with Gasteiger partial charge in [-0.15, -0.1) is 0 Å². The van der Waals surface area contributed by atoms with Crippen molar-refractivity contribution in [3.05, 3.63) is 0 Å². The van der Waals surface area contributed by atoms with Crippen LogP contribution in [0.25, 0.3) is 0 Å². The zero-order chi connectivity index (χ0) is 14.1. The maximum absolute atomic E-state index is 11.9. The molecule has 0 aromatic heterocycles. The Hall–Kier alpha value is -0.1000. The number of hydrogen-bond acceptors (Lipinski definition) is 6. The molecule has 108 valence electrons. The predicted octanol–water partition coefficient (Wildman–Crippen LogP) is 2.62. The van der Waals surface area contributed by atoms with Gasteiger partial charge in [0.2, 0.25) is 0 Å². The van der Waals surface area contributed by atoms with Crippen LogP contribution in [0.4, 0.5) is 0 Å². The van der Waals surface area contributed by atoms with Crippen molar-refractivity contribution in [2.24, 2.45) is 0 Å². The molecule has 1 saturated heterocycles. The Morgan fingerprint density at radius 3 is 2.11 bits per heavy atom. The Morgan fingerprint density at radius 2 is 1.78 bits per heavy atom. The first kappa shape index (κ1) is 16.0. The Labute approximate surface area is 108 Å². The van der Waals surface area contributed by atoms with Crippen molar-refractivity contribution in [1.29, 1.82) is 0 Å². The first-order chi connectivity index (χ1) is 8.31. The van der Waals surface area contributed by atoms with E-state index >= 15 is 0 Å². The van der Waals surface area contributed by atoms with E-state index in [9.17, 15) is 4.79 Å². The van der Waals surface area contributed by atoms with Gasteiger partial charge in [0.05, 0.1) is 0 Å². The van der Waals surface area contributed by atoms with Crippen LogP contribution in [-0.4, -0.2) is 38.8 Å². The predicted molar refractivity (Wildman–Crippen MR) is 67.9 cm³/mol. The Morgan fingerprint density at radius 1 is 1.28 bits per heavy atom. The molecule has 6 nitrogen and oxygen atoms in total. The second kappa shape index (κ2) is 5.12. The molecular formula is C11H23O6P. The molecule has 1 heterocycles. The zero-order valence-electron chi connectivity index (χ0n) is 11.9. The molecule has 7 heteroatoms. The minimum atomic E-state index is -4.10. The fourth-order valence-corrected chi connectivity index (χ4v) is 4.60. The molecule has 1 rings (SSSR count). The van der Waals surface area contributed by atoms with Gasteiger partial charge < -0.3 is 0 Å². The van der Waals surface area contributed by atoms with Crippen molar-refractivity contribution in [2.45, 2.75) is 45.3 Å². The van der Waals surface area contributed by atoms with Gasteiger partial charge in [0.25, 0.3) is 0 Å². The molecule has 0 aromatic rings. The van der Waals surface area contributed by atoms with Crippen LogP contribution in [0.5, 0.6) is 0 Å². The van der Waals surface area contributed by atoms with Gasteiger partial charge in [-0.25, -0.2) is 0 Å². The SMILES string of the molecule is CCC[C@@H]1OP(OC)(OC)(OC)O[C@]1(C)C(C)=O. The van der Waals surface area contributed by atoms with Gasteiger partial charge >= 0.3 is 108 Å². The summed E-state index contributed by atoms with van der Waals surface area (Å²) in [4.78, 5) is 11.9. The summed E-state index contributed by atoms with van der Waals surface area (Å²) >= 11 is 0. The summed E-state index contributed by atoms with van der Waals surface area (Å²) in [5, 5.41) is 0. The Bertz CT molecular complexity index is 318. The second-order valence-corrected chi connectivity index (χ2v) is 7.41. The van der Waals surface area contributed by atoms with Crippen LogP contribution in [0.15, 0.2) is 0 Å². The number of Topliss-reactive ketones (excluding diaryl/α,β-unsaturated/α-hetero) is 1. The second-order valence-electron chi connectivity index (χ2n) is 4.43. The molecule has 0 bridgehead atoms. The van der Waals surface area contributed by atoms with Crippen molar-refractivity contribution in [1.82, 2.24) is 0 Å². The fourth-order valence-electron chi connectivity index (χ4n) is 2.04. The molecule has 0 radical (unpaired) electrons. The third-order valence-corrected chi connectivity index (χ3v) is 6.46. The number of carbonyl (C=O) groups is 1. The summed E-state index contributed by atoms with van der Waals surface area (Å²) in [6.45, 7) is 5.15. The molecule has 0 unspecified atom stereocenters. The van der Waals surface area contributed by atoms with E-state index in [2.05, 4.69) is 0 Å². The van der Waals surface area contributed by atoms with Gasteiger partial charge in [-0.2, -0.15) is 0 Å². The van der Waals surface area contributed by atoms with Crippen LogP contribution in [0.3, 0.4) is 0 Å². The third kappa shape index (κ3) is 2.22. The van der Waals surface area contributed by atoms with Crippen LogP contribution in [0, 0.1) is 0 Å². The van der Waals surface area contributed by atoms with Gasteiger partial charge in [-0.05, 0) is 0 Å². The molecule has 0 aromatic carbocycles. The Balaban J connectivity index is 3.21. The molecule has 0 amide bonds.